The highest BCUT2D eigenvalue weighted by atomic mass is 19.3. The lowest BCUT2D eigenvalue weighted by Gasteiger charge is -2.34. The van der Waals surface area contributed by atoms with E-state index in [1.807, 2.05) is 0 Å². The molecule has 3 N–H and O–H groups in total. The minimum Gasteiger partial charge on any atom is -0.497 e. The monoisotopic (exact) mass is 539 g/mol. The molecular weight excluding hydrogens is 514 g/mol. The van der Waals surface area contributed by atoms with Crippen molar-refractivity contribution in [3.8, 4) is 11.5 Å². The third kappa shape index (κ3) is 5.52. The lowest BCUT2D eigenvalue weighted by Crippen LogP contribution is -2.56. The molecule has 4 rings (SSSR count). The van der Waals surface area contributed by atoms with E-state index in [0.717, 1.165) is 24.3 Å². The highest BCUT2D eigenvalue weighted by molar-refractivity contribution is 6.00. The first-order chi connectivity index (χ1) is 18.1. The van der Waals surface area contributed by atoms with Crippen molar-refractivity contribution in [2.45, 2.75) is 43.5 Å². The van der Waals surface area contributed by atoms with Crippen LogP contribution < -0.4 is 20.1 Å². The maximum atomic E-state index is 15.1. The maximum Gasteiger partial charge on any atom is 0.387 e. The second-order valence-corrected chi connectivity index (χ2v) is 8.94. The number of hydrogen-bond acceptors (Lipinski definition) is 6. The van der Waals surface area contributed by atoms with Crippen molar-refractivity contribution in [2.75, 3.05) is 20.3 Å². The number of amides is 3. The lowest BCUT2D eigenvalue weighted by atomic mass is 9.92. The topological polar surface area (TPSA) is 117 Å². The summed E-state index contributed by atoms with van der Waals surface area (Å²) in [6, 6.07) is 3.66. The van der Waals surface area contributed by atoms with Gasteiger partial charge in [0.2, 0.25) is 11.8 Å². The first-order valence-corrected chi connectivity index (χ1v) is 11.7. The van der Waals surface area contributed by atoms with Gasteiger partial charge in [-0.1, -0.05) is 0 Å². The van der Waals surface area contributed by atoms with Crippen LogP contribution in [-0.4, -0.2) is 72.7 Å². The Bertz CT molecular complexity index is 1190. The number of benzene rings is 2. The van der Waals surface area contributed by atoms with Gasteiger partial charge in [-0.05, 0) is 37.1 Å². The Balaban J connectivity index is 1.64. The van der Waals surface area contributed by atoms with Gasteiger partial charge in [0.1, 0.15) is 35.2 Å². The fraction of sp³-hybridized carbons (Fsp3) is 0.400. The summed E-state index contributed by atoms with van der Waals surface area (Å²) in [5.74, 6) is -5.53. The molecule has 2 fully saturated rings. The van der Waals surface area contributed by atoms with Gasteiger partial charge in [-0.3, -0.25) is 14.4 Å². The van der Waals surface area contributed by atoms with E-state index in [-0.39, 0.29) is 36.6 Å². The third-order valence-electron chi connectivity index (χ3n) is 6.67. The van der Waals surface area contributed by atoms with E-state index in [2.05, 4.69) is 15.4 Å². The summed E-state index contributed by atoms with van der Waals surface area (Å²) in [5, 5.41) is 14.4. The molecule has 3 amide bonds. The number of likely N-dealkylation sites (tertiary alicyclic amines) is 1. The molecule has 0 aliphatic carbocycles. The molecular formula is C25H25F4N3O6. The van der Waals surface area contributed by atoms with Crippen molar-refractivity contribution in [2.24, 2.45) is 0 Å². The SMILES string of the molecule is COc1cc(F)c([C@@H]2CN(C3CCC(CO)NC3=O)C(=O)[C@H]2NC(=O)c2ccc(OC(F)F)cc2)c(F)c1. The molecule has 0 spiro atoms. The number of piperidine rings is 1. The summed E-state index contributed by atoms with van der Waals surface area (Å²) in [4.78, 5) is 40.3. The van der Waals surface area contributed by atoms with E-state index in [0.29, 0.717) is 6.42 Å². The van der Waals surface area contributed by atoms with Crippen LogP contribution in [-0.2, 0) is 9.59 Å². The summed E-state index contributed by atoms with van der Waals surface area (Å²) < 4.78 is 64.1. The highest BCUT2D eigenvalue weighted by Gasteiger charge is 2.49. The molecule has 2 aromatic carbocycles. The predicted molar refractivity (Wildman–Crippen MR) is 124 cm³/mol. The van der Waals surface area contributed by atoms with Crippen LogP contribution in [0.3, 0.4) is 0 Å². The number of nitrogens with zero attached hydrogens (tertiary/aromatic N) is 1. The van der Waals surface area contributed by atoms with Crippen LogP contribution in [0.1, 0.15) is 34.7 Å². The number of alkyl halides is 2. The van der Waals surface area contributed by atoms with Crippen molar-refractivity contribution < 1.29 is 46.5 Å². The average Bonchev–Trinajstić information content (AvgIpc) is 3.18. The van der Waals surface area contributed by atoms with Crippen LogP contribution >= 0.6 is 0 Å². The molecule has 2 aliphatic heterocycles. The number of carbonyl (C=O) groups excluding carboxylic acids is 3. The van der Waals surface area contributed by atoms with Gasteiger partial charge in [-0.25, -0.2) is 8.78 Å². The zero-order chi connectivity index (χ0) is 27.6. The van der Waals surface area contributed by atoms with Crippen molar-refractivity contribution >= 4 is 17.7 Å². The van der Waals surface area contributed by atoms with E-state index in [1.165, 1.54) is 24.1 Å². The number of aliphatic hydroxyl groups is 1. The van der Waals surface area contributed by atoms with E-state index in [9.17, 15) is 28.3 Å². The molecule has 2 aromatic rings. The molecule has 2 saturated heterocycles. The Labute approximate surface area is 214 Å². The smallest absolute Gasteiger partial charge is 0.387 e. The number of halogens is 4. The number of rotatable bonds is 8. The molecule has 2 heterocycles. The van der Waals surface area contributed by atoms with Gasteiger partial charge >= 0.3 is 6.61 Å². The van der Waals surface area contributed by atoms with Gasteiger partial charge in [0, 0.05) is 35.7 Å². The maximum absolute atomic E-state index is 15.1. The Kier molecular flexibility index (Phi) is 8.05. The molecule has 0 bridgehead atoms. The second-order valence-electron chi connectivity index (χ2n) is 8.94. The van der Waals surface area contributed by atoms with Crippen LogP contribution in [0.15, 0.2) is 36.4 Å². The summed E-state index contributed by atoms with van der Waals surface area (Å²) in [5.41, 5.74) is -0.481. The molecule has 2 unspecified atom stereocenters. The van der Waals surface area contributed by atoms with Crippen LogP contribution in [0.25, 0.3) is 0 Å². The van der Waals surface area contributed by atoms with Crippen LogP contribution in [0.2, 0.25) is 0 Å². The molecule has 13 heteroatoms. The molecule has 0 radical (unpaired) electrons. The first-order valence-electron chi connectivity index (χ1n) is 11.7. The normalized spacial score (nSPS) is 23.4. The second kappa shape index (κ2) is 11.3. The Hall–Kier alpha value is -3.87. The van der Waals surface area contributed by atoms with Crippen LogP contribution in [0.4, 0.5) is 17.6 Å². The Morgan fingerprint density at radius 1 is 1.13 bits per heavy atom. The van der Waals surface area contributed by atoms with Crippen molar-refractivity contribution in [1.82, 2.24) is 15.5 Å². The van der Waals surface area contributed by atoms with Gasteiger partial charge in [0.25, 0.3) is 5.91 Å². The van der Waals surface area contributed by atoms with Crippen LogP contribution in [0, 0.1) is 11.6 Å². The third-order valence-corrected chi connectivity index (χ3v) is 6.67. The van der Waals surface area contributed by atoms with Gasteiger partial charge in [0.15, 0.2) is 0 Å². The van der Waals surface area contributed by atoms with Gasteiger partial charge in [0.05, 0.1) is 19.8 Å². The van der Waals surface area contributed by atoms with E-state index >= 15 is 8.78 Å². The standard InChI is InChI=1S/C25H25F4N3O6/c1-37-15-8-17(26)20(18(27)9-15)16-10-32(19-7-4-13(11-33)30-23(19)35)24(36)21(16)31-22(34)12-2-5-14(6-3-12)38-25(28)29/h2-3,5-6,8-9,13,16,19,21,25,33H,4,7,10-11H2,1H3,(H,30,35)(H,31,34)/t13?,16-,19?,21-/m0/s1. The van der Waals surface area contributed by atoms with Gasteiger partial charge in [-0.15, -0.1) is 0 Å². The summed E-state index contributed by atoms with van der Waals surface area (Å²) in [7, 11) is 1.23. The lowest BCUT2D eigenvalue weighted by molar-refractivity contribution is -0.140. The number of aliphatic hydroxyl groups excluding tert-OH is 1. The van der Waals surface area contributed by atoms with Crippen molar-refractivity contribution in [3.63, 3.8) is 0 Å². The zero-order valence-corrected chi connectivity index (χ0v) is 20.1. The van der Waals surface area contributed by atoms with E-state index < -0.39 is 65.6 Å². The summed E-state index contributed by atoms with van der Waals surface area (Å²) >= 11 is 0. The number of nitrogens with one attached hydrogen (secondary N) is 2. The predicted octanol–water partition coefficient (Wildman–Crippen LogP) is 1.94. The molecule has 0 saturated carbocycles. The molecule has 9 nitrogen and oxygen atoms in total. The Morgan fingerprint density at radius 2 is 1.79 bits per heavy atom. The number of hydrogen-bond donors (Lipinski definition) is 3. The molecule has 2 aliphatic rings. The molecule has 0 aromatic heterocycles. The fourth-order valence-electron chi connectivity index (χ4n) is 4.80. The molecule has 38 heavy (non-hydrogen) atoms. The van der Waals surface area contributed by atoms with E-state index in [4.69, 9.17) is 4.74 Å². The largest absolute Gasteiger partial charge is 0.497 e. The van der Waals surface area contributed by atoms with E-state index in [1.54, 1.807) is 0 Å². The fourth-order valence-corrected chi connectivity index (χ4v) is 4.80. The number of methoxy groups -OCH3 is 1. The highest BCUT2D eigenvalue weighted by Crippen LogP contribution is 2.36. The summed E-state index contributed by atoms with van der Waals surface area (Å²) in [6.45, 7) is -3.61. The minimum absolute atomic E-state index is 0.0199. The minimum atomic E-state index is -3.06. The summed E-state index contributed by atoms with van der Waals surface area (Å²) in [6.07, 6.45) is 0.575. The van der Waals surface area contributed by atoms with Gasteiger partial charge < -0.3 is 30.1 Å². The first kappa shape index (κ1) is 27.2. The van der Waals surface area contributed by atoms with Crippen LogP contribution in [0.5, 0.6) is 11.5 Å². The van der Waals surface area contributed by atoms with Gasteiger partial charge in [-0.2, -0.15) is 8.78 Å². The van der Waals surface area contributed by atoms with Crippen molar-refractivity contribution in [3.05, 3.63) is 59.2 Å². The number of carbonyl (C=O) groups is 3. The number of ether oxygens (including phenoxy) is 2. The van der Waals surface area contributed by atoms with Crippen molar-refractivity contribution in [1.29, 1.82) is 0 Å². The molecule has 204 valence electrons. The Morgan fingerprint density at radius 3 is 2.34 bits per heavy atom. The molecule has 4 atom stereocenters. The zero-order valence-electron chi connectivity index (χ0n) is 20.1. The quantitative estimate of drug-likeness (QED) is 0.442. The average molecular weight is 539 g/mol.